The largest absolute Gasteiger partial charge is 0.383 e. The van der Waals surface area contributed by atoms with Crippen LogP contribution in [0.1, 0.15) is 12.8 Å². The van der Waals surface area contributed by atoms with Gasteiger partial charge >= 0.3 is 0 Å². The van der Waals surface area contributed by atoms with Crippen LogP contribution >= 0.6 is 0 Å². The SMILES string of the molecule is CNc1cncc(N(CCOC)C2CC2)n1. The summed E-state index contributed by atoms with van der Waals surface area (Å²) in [5, 5.41) is 3.01. The molecule has 1 aromatic heterocycles. The van der Waals surface area contributed by atoms with Gasteiger partial charge in [-0.3, -0.25) is 4.98 Å². The van der Waals surface area contributed by atoms with Crippen molar-refractivity contribution in [1.82, 2.24) is 9.97 Å². The van der Waals surface area contributed by atoms with Crippen molar-refractivity contribution in [2.24, 2.45) is 0 Å². The highest BCUT2D eigenvalue weighted by Crippen LogP contribution is 2.30. The second-order valence-electron chi connectivity index (χ2n) is 3.93. The predicted octanol–water partition coefficient (Wildman–Crippen LogP) is 1.13. The molecule has 0 aromatic carbocycles. The number of methoxy groups -OCH3 is 1. The van der Waals surface area contributed by atoms with E-state index in [-0.39, 0.29) is 0 Å². The summed E-state index contributed by atoms with van der Waals surface area (Å²) in [6.45, 7) is 1.60. The van der Waals surface area contributed by atoms with Crippen molar-refractivity contribution in [2.75, 3.05) is 37.5 Å². The Hall–Kier alpha value is -1.36. The second-order valence-corrected chi connectivity index (χ2v) is 3.93. The quantitative estimate of drug-likeness (QED) is 0.782. The lowest BCUT2D eigenvalue weighted by atomic mass is 10.4. The summed E-state index contributed by atoms with van der Waals surface area (Å²) in [5.41, 5.74) is 0. The van der Waals surface area contributed by atoms with Crippen molar-refractivity contribution in [3.05, 3.63) is 12.4 Å². The lowest BCUT2D eigenvalue weighted by molar-refractivity contribution is 0.204. The fourth-order valence-corrected chi connectivity index (χ4v) is 1.67. The van der Waals surface area contributed by atoms with Crippen molar-refractivity contribution in [1.29, 1.82) is 0 Å². The van der Waals surface area contributed by atoms with Crippen LogP contribution in [0.25, 0.3) is 0 Å². The monoisotopic (exact) mass is 222 g/mol. The van der Waals surface area contributed by atoms with Crippen LogP contribution in [0.3, 0.4) is 0 Å². The summed E-state index contributed by atoms with van der Waals surface area (Å²) in [7, 11) is 3.57. The predicted molar refractivity (Wildman–Crippen MR) is 63.8 cm³/mol. The lowest BCUT2D eigenvalue weighted by Crippen LogP contribution is -2.30. The summed E-state index contributed by atoms with van der Waals surface area (Å²) in [4.78, 5) is 11.0. The molecule has 0 amide bonds. The topological polar surface area (TPSA) is 50.3 Å². The summed E-state index contributed by atoms with van der Waals surface area (Å²) >= 11 is 0. The molecule has 1 aliphatic rings. The minimum Gasteiger partial charge on any atom is -0.383 e. The molecule has 5 heteroatoms. The first-order valence-electron chi connectivity index (χ1n) is 5.60. The maximum absolute atomic E-state index is 5.12. The number of ether oxygens (including phenoxy) is 1. The van der Waals surface area contributed by atoms with Crippen LogP contribution in [0.4, 0.5) is 11.6 Å². The molecule has 1 heterocycles. The molecule has 88 valence electrons. The van der Waals surface area contributed by atoms with Gasteiger partial charge in [0.05, 0.1) is 19.0 Å². The Labute approximate surface area is 95.8 Å². The first kappa shape index (κ1) is 11.1. The average Bonchev–Trinajstić information content (AvgIpc) is 3.14. The Balaban J connectivity index is 2.10. The van der Waals surface area contributed by atoms with E-state index in [0.29, 0.717) is 6.04 Å². The highest BCUT2D eigenvalue weighted by Gasteiger charge is 2.29. The van der Waals surface area contributed by atoms with Gasteiger partial charge in [-0.2, -0.15) is 0 Å². The minimum atomic E-state index is 0.622. The normalized spacial score (nSPS) is 14.9. The third-order valence-electron chi connectivity index (χ3n) is 2.70. The molecule has 0 spiro atoms. The highest BCUT2D eigenvalue weighted by atomic mass is 16.5. The van der Waals surface area contributed by atoms with E-state index in [4.69, 9.17) is 4.74 Å². The van der Waals surface area contributed by atoms with Gasteiger partial charge in [0.25, 0.3) is 0 Å². The van der Waals surface area contributed by atoms with Crippen molar-refractivity contribution in [3.63, 3.8) is 0 Å². The average molecular weight is 222 g/mol. The van der Waals surface area contributed by atoms with E-state index in [0.717, 1.165) is 24.8 Å². The van der Waals surface area contributed by atoms with Gasteiger partial charge in [-0.1, -0.05) is 0 Å². The van der Waals surface area contributed by atoms with Crippen LogP contribution in [0.15, 0.2) is 12.4 Å². The molecule has 0 bridgehead atoms. The molecule has 0 unspecified atom stereocenters. The van der Waals surface area contributed by atoms with Crippen LogP contribution in [0.2, 0.25) is 0 Å². The Bertz CT molecular complexity index is 341. The zero-order chi connectivity index (χ0) is 11.4. The summed E-state index contributed by atoms with van der Waals surface area (Å²) in [5.74, 6) is 1.74. The molecule has 0 aliphatic heterocycles. The van der Waals surface area contributed by atoms with Crippen LogP contribution in [-0.4, -0.2) is 43.3 Å². The standard InChI is InChI=1S/C11H18N4O/c1-12-10-7-13-8-11(14-10)15(5-6-16-2)9-3-4-9/h7-9H,3-6H2,1-2H3,(H,12,14). The zero-order valence-corrected chi connectivity index (χ0v) is 9.81. The molecule has 1 fully saturated rings. The smallest absolute Gasteiger partial charge is 0.149 e. The Morgan fingerprint density at radius 3 is 2.94 bits per heavy atom. The van der Waals surface area contributed by atoms with Gasteiger partial charge in [-0.15, -0.1) is 0 Å². The van der Waals surface area contributed by atoms with E-state index in [9.17, 15) is 0 Å². The number of hydrogen-bond acceptors (Lipinski definition) is 5. The van der Waals surface area contributed by atoms with Gasteiger partial charge in [0.15, 0.2) is 0 Å². The maximum Gasteiger partial charge on any atom is 0.149 e. The van der Waals surface area contributed by atoms with Crippen LogP contribution in [-0.2, 0) is 4.74 Å². The van der Waals surface area contributed by atoms with Gasteiger partial charge in [0.1, 0.15) is 11.6 Å². The molecule has 1 N–H and O–H groups in total. The van der Waals surface area contributed by atoms with Gasteiger partial charge in [0.2, 0.25) is 0 Å². The van der Waals surface area contributed by atoms with Gasteiger partial charge in [-0.25, -0.2) is 4.98 Å². The molecule has 1 aromatic rings. The molecular weight excluding hydrogens is 204 g/mol. The number of hydrogen-bond donors (Lipinski definition) is 1. The molecular formula is C11H18N4O. The van der Waals surface area contributed by atoms with Crippen LogP contribution in [0, 0.1) is 0 Å². The fraction of sp³-hybridized carbons (Fsp3) is 0.636. The third kappa shape index (κ3) is 2.61. The number of nitrogens with one attached hydrogen (secondary N) is 1. The minimum absolute atomic E-state index is 0.622. The number of aromatic nitrogens is 2. The van der Waals surface area contributed by atoms with Gasteiger partial charge in [0, 0.05) is 26.7 Å². The van der Waals surface area contributed by atoms with Crippen LogP contribution in [0.5, 0.6) is 0 Å². The van der Waals surface area contributed by atoms with Crippen molar-refractivity contribution < 1.29 is 4.74 Å². The van der Waals surface area contributed by atoms with E-state index in [2.05, 4.69) is 20.2 Å². The second kappa shape index (κ2) is 5.12. The fourth-order valence-electron chi connectivity index (χ4n) is 1.67. The first-order chi connectivity index (χ1) is 7.85. The van der Waals surface area contributed by atoms with Crippen LogP contribution < -0.4 is 10.2 Å². The molecule has 1 saturated carbocycles. The van der Waals surface area contributed by atoms with Gasteiger partial charge < -0.3 is 15.0 Å². The third-order valence-corrected chi connectivity index (χ3v) is 2.70. The van der Waals surface area contributed by atoms with Crippen molar-refractivity contribution in [3.8, 4) is 0 Å². The molecule has 16 heavy (non-hydrogen) atoms. The molecule has 0 atom stereocenters. The number of nitrogens with zero attached hydrogens (tertiary/aromatic N) is 3. The molecule has 2 rings (SSSR count). The highest BCUT2D eigenvalue weighted by molar-refractivity contribution is 5.45. The summed E-state index contributed by atoms with van der Waals surface area (Å²) < 4.78 is 5.12. The lowest BCUT2D eigenvalue weighted by Gasteiger charge is -2.22. The van der Waals surface area contributed by atoms with E-state index < -0.39 is 0 Å². The van der Waals surface area contributed by atoms with E-state index in [1.165, 1.54) is 12.8 Å². The number of rotatable bonds is 6. The first-order valence-corrected chi connectivity index (χ1v) is 5.60. The molecule has 5 nitrogen and oxygen atoms in total. The summed E-state index contributed by atoms with van der Waals surface area (Å²) in [6.07, 6.45) is 6.03. The van der Waals surface area contributed by atoms with Gasteiger partial charge in [-0.05, 0) is 12.8 Å². The Kier molecular flexibility index (Phi) is 3.56. The molecule has 0 radical (unpaired) electrons. The molecule has 1 aliphatic carbocycles. The Morgan fingerprint density at radius 1 is 1.50 bits per heavy atom. The van der Waals surface area contributed by atoms with Crippen molar-refractivity contribution in [2.45, 2.75) is 18.9 Å². The van der Waals surface area contributed by atoms with E-state index in [1.807, 2.05) is 13.2 Å². The summed E-state index contributed by atoms with van der Waals surface area (Å²) in [6, 6.07) is 0.622. The van der Waals surface area contributed by atoms with Crippen molar-refractivity contribution >= 4 is 11.6 Å². The number of anilines is 2. The van der Waals surface area contributed by atoms with E-state index >= 15 is 0 Å². The zero-order valence-electron chi connectivity index (χ0n) is 9.81. The molecule has 0 saturated heterocycles. The Morgan fingerprint density at radius 2 is 2.31 bits per heavy atom. The van der Waals surface area contributed by atoms with E-state index in [1.54, 1.807) is 13.3 Å². The maximum atomic E-state index is 5.12.